The zero-order valence-electron chi connectivity index (χ0n) is 16.7. The minimum atomic E-state index is -4.76. The number of amides is 2. The summed E-state index contributed by atoms with van der Waals surface area (Å²) in [7, 11) is 0. The molecule has 2 amide bonds. The number of hydrazine groups is 1. The molecule has 12 heteroatoms. The number of hydrogen-bond acceptors (Lipinski definition) is 5. The number of hydrogen-bond donors (Lipinski definition) is 2. The van der Waals surface area contributed by atoms with E-state index in [1.54, 1.807) is 23.8 Å². The van der Waals surface area contributed by atoms with Gasteiger partial charge >= 0.3 is 12.3 Å². The lowest BCUT2D eigenvalue weighted by Gasteiger charge is -2.41. The topological polar surface area (TPSA) is 99.9 Å². The van der Waals surface area contributed by atoms with Crippen LogP contribution in [-0.2, 0) is 11.0 Å². The predicted octanol–water partition coefficient (Wildman–Crippen LogP) is 2.94. The third-order valence-electron chi connectivity index (χ3n) is 5.50. The van der Waals surface area contributed by atoms with Crippen LogP contribution >= 0.6 is 12.2 Å². The maximum Gasteiger partial charge on any atom is 0.419 e. The lowest BCUT2D eigenvalue weighted by molar-refractivity contribution is -0.137. The zero-order chi connectivity index (χ0) is 23.1. The van der Waals surface area contributed by atoms with Crippen molar-refractivity contribution < 1.29 is 27.9 Å². The molecule has 2 aliphatic heterocycles. The van der Waals surface area contributed by atoms with E-state index in [2.05, 4.69) is 5.43 Å². The van der Waals surface area contributed by atoms with Crippen LogP contribution in [0.5, 0.6) is 0 Å². The first kappa shape index (κ1) is 22.8. The van der Waals surface area contributed by atoms with Gasteiger partial charge in [0.2, 0.25) is 0 Å². The standard InChI is InChI=1S/C19H20F3N5O3S/c1-18(2)15(28)26(13-4-3-11(10-23)14(9-13)19(20,21)22)17(31)27(18)12-5-7-25(8-6-12)24-16(29)30/h3-4,9,12,24H,5-8H2,1-2H3,(H,29,30). The van der Waals surface area contributed by atoms with Crippen molar-refractivity contribution in [3.05, 3.63) is 29.3 Å². The quantitative estimate of drug-likeness (QED) is 0.676. The van der Waals surface area contributed by atoms with Crippen molar-refractivity contribution in [3.8, 4) is 6.07 Å². The molecule has 8 nitrogen and oxygen atoms in total. The number of carbonyl (C=O) groups is 2. The van der Waals surface area contributed by atoms with E-state index in [0.29, 0.717) is 25.9 Å². The Morgan fingerprint density at radius 3 is 2.45 bits per heavy atom. The number of alkyl halides is 3. The van der Waals surface area contributed by atoms with Gasteiger partial charge in [-0.25, -0.2) is 9.80 Å². The molecule has 2 saturated heterocycles. The van der Waals surface area contributed by atoms with E-state index in [-0.39, 0.29) is 16.8 Å². The maximum atomic E-state index is 13.4. The van der Waals surface area contributed by atoms with E-state index >= 15 is 0 Å². The van der Waals surface area contributed by atoms with Gasteiger partial charge in [0, 0.05) is 19.1 Å². The largest absolute Gasteiger partial charge is 0.464 e. The monoisotopic (exact) mass is 455 g/mol. The summed E-state index contributed by atoms with van der Waals surface area (Å²) in [5.41, 5.74) is -0.538. The lowest BCUT2D eigenvalue weighted by atomic mass is 9.97. The Morgan fingerprint density at radius 2 is 1.94 bits per heavy atom. The van der Waals surface area contributed by atoms with Gasteiger partial charge in [0.1, 0.15) is 5.54 Å². The Hall–Kier alpha value is -2.91. The SMILES string of the molecule is CC1(C)C(=O)N(c2ccc(C#N)c(C(F)(F)F)c2)C(=S)N1C1CCN(NC(=O)O)CC1. The number of carbonyl (C=O) groups excluding carboxylic acids is 1. The van der Waals surface area contributed by atoms with Crippen molar-refractivity contribution in [3.63, 3.8) is 0 Å². The lowest BCUT2D eigenvalue weighted by Crippen LogP contribution is -2.55. The number of halogens is 3. The van der Waals surface area contributed by atoms with Gasteiger partial charge in [0.05, 0.1) is 22.9 Å². The van der Waals surface area contributed by atoms with Gasteiger partial charge in [-0.05, 0) is 57.1 Å². The molecule has 0 radical (unpaired) electrons. The van der Waals surface area contributed by atoms with Gasteiger partial charge in [0.25, 0.3) is 5.91 Å². The van der Waals surface area contributed by atoms with Crippen molar-refractivity contribution in [1.82, 2.24) is 15.3 Å². The van der Waals surface area contributed by atoms with Gasteiger partial charge < -0.3 is 10.0 Å². The molecule has 0 spiro atoms. The third kappa shape index (κ3) is 4.15. The molecule has 1 aromatic rings. The fourth-order valence-corrected chi connectivity index (χ4v) is 4.59. The molecule has 3 rings (SSSR count). The zero-order valence-corrected chi connectivity index (χ0v) is 17.5. The van der Waals surface area contributed by atoms with Crippen LogP contribution in [-0.4, -0.2) is 56.8 Å². The molecule has 2 N–H and O–H groups in total. The second-order valence-corrected chi connectivity index (χ2v) is 8.19. The first-order valence-corrected chi connectivity index (χ1v) is 9.82. The van der Waals surface area contributed by atoms with Gasteiger partial charge in [-0.15, -0.1) is 0 Å². The second kappa shape index (κ2) is 7.97. The number of piperidine rings is 1. The summed E-state index contributed by atoms with van der Waals surface area (Å²) in [6.07, 6.45) is -4.92. The molecular formula is C19H20F3N5O3S. The van der Waals surface area contributed by atoms with Crippen LogP contribution in [0.15, 0.2) is 18.2 Å². The molecular weight excluding hydrogens is 435 g/mol. The van der Waals surface area contributed by atoms with E-state index in [9.17, 15) is 22.8 Å². The number of benzene rings is 1. The van der Waals surface area contributed by atoms with E-state index in [1.807, 2.05) is 0 Å². The van der Waals surface area contributed by atoms with Crippen LogP contribution in [0.2, 0.25) is 0 Å². The van der Waals surface area contributed by atoms with Crippen LogP contribution in [0.3, 0.4) is 0 Å². The van der Waals surface area contributed by atoms with Gasteiger partial charge in [0.15, 0.2) is 5.11 Å². The number of nitrogens with one attached hydrogen (secondary N) is 1. The summed E-state index contributed by atoms with van der Waals surface area (Å²) in [5, 5.41) is 19.5. The minimum absolute atomic E-state index is 0.0538. The summed E-state index contributed by atoms with van der Waals surface area (Å²) in [5.74, 6) is -0.471. The summed E-state index contributed by atoms with van der Waals surface area (Å²) in [6, 6.07) is 4.39. The number of rotatable bonds is 3. The highest BCUT2D eigenvalue weighted by atomic mass is 32.1. The Labute approximate surface area is 181 Å². The molecule has 2 heterocycles. The fraction of sp³-hybridized carbons (Fsp3) is 0.474. The number of anilines is 1. The average molecular weight is 455 g/mol. The van der Waals surface area contributed by atoms with Gasteiger partial charge in [-0.3, -0.25) is 15.1 Å². The summed E-state index contributed by atoms with van der Waals surface area (Å²) in [6.45, 7) is 4.10. The van der Waals surface area contributed by atoms with E-state index in [0.717, 1.165) is 17.0 Å². The molecule has 0 unspecified atom stereocenters. The first-order chi connectivity index (χ1) is 14.4. The highest BCUT2D eigenvalue weighted by Crippen LogP contribution is 2.39. The van der Waals surface area contributed by atoms with Crippen LogP contribution in [0.1, 0.15) is 37.8 Å². The molecule has 0 aromatic heterocycles. The third-order valence-corrected chi connectivity index (χ3v) is 5.88. The Bertz CT molecular complexity index is 968. The van der Waals surface area contributed by atoms with E-state index in [1.165, 1.54) is 12.1 Å². The molecule has 1 aromatic carbocycles. The number of nitrogens with zero attached hydrogens (tertiary/aromatic N) is 4. The molecule has 0 atom stereocenters. The van der Waals surface area contributed by atoms with Crippen LogP contribution in [0.25, 0.3) is 0 Å². The average Bonchev–Trinajstić information content (AvgIpc) is 2.85. The van der Waals surface area contributed by atoms with Gasteiger partial charge in [-0.2, -0.15) is 18.4 Å². The van der Waals surface area contributed by atoms with Crippen LogP contribution < -0.4 is 10.3 Å². The number of nitriles is 1. The Morgan fingerprint density at radius 1 is 1.32 bits per heavy atom. The molecule has 0 bridgehead atoms. The summed E-state index contributed by atoms with van der Waals surface area (Å²) >= 11 is 5.51. The van der Waals surface area contributed by atoms with Gasteiger partial charge in [-0.1, -0.05) is 0 Å². The summed E-state index contributed by atoms with van der Waals surface area (Å²) in [4.78, 5) is 26.8. The Balaban J connectivity index is 1.90. The highest BCUT2D eigenvalue weighted by molar-refractivity contribution is 7.80. The number of carboxylic acid groups (broad SMARTS) is 1. The molecule has 31 heavy (non-hydrogen) atoms. The number of thiocarbonyl (C=S) groups is 1. The van der Waals surface area contributed by atoms with Crippen molar-refractivity contribution in [2.75, 3.05) is 18.0 Å². The summed E-state index contributed by atoms with van der Waals surface area (Å²) < 4.78 is 40.2. The molecule has 0 saturated carbocycles. The normalized spacial score (nSPS) is 20.1. The molecule has 2 fully saturated rings. The second-order valence-electron chi connectivity index (χ2n) is 7.83. The molecule has 166 valence electrons. The fourth-order valence-electron chi connectivity index (χ4n) is 4.03. The minimum Gasteiger partial charge on any atom is -0.464 e. The Kier molecular flexibility index (Phi) is 5.86. The predicted molar refractivity (Wildman–Crippen MR) is 108 cm³/mol. The van der Waals surface area contributed by atoms with Crippen molar-refractivity contribution in [2.24, 2.45) is 0 Å². The maximum absolute atomic E-state index is 13.4. The van der Waals surface area contributed by atoms with Crippen LogP contribution in [0, 0.1) is 11.3 Å². The van der Waals surface area contributed by atoms with Crippen molar-refractivity contribution >= 4 is 35.0 Å². The van der Waals surface area contributed by atoms with Crippen molar-refractivity contribution in [1.29, 1.82) is 5.26 Å². The first-order valence-electron chi connectivity index (χ1n) is 9.41. The van der Waals surface area contributed by atoms with E-state index in [4.69, 9.17) is 22.6 Å². The smallest absolute Gasteiger partial charge is 0.419 e. The van der Waals surface area contributed by atoms with Crippen molar-refractivity contribution in [2.45, 2.75) is 44.4 Å². The molecule has 0 aliphatic carbocycles. The highest BCUT2D eigenvalue weighted by Gasteiger charge is 2.52. The van der Waals surface area contributed by atoms with Crippen LogP contribution in [0.4, 0.5) is 23.7 Å². The molecule has 2 aliphatic rings. The van der Waals surface area contributed by atoms with E-state index < -0.39 is 34.8 Å².